The van der Waals surface area contributed by atoms with Crippen LogP contribution in [0.25, 0.3) is 17.4 Å². The Hall–Kier alpha value is -4.03. The number of anilines is 2. The molecule has 2 aliphatic heterocycles. The molecule has 2 saturated heterocycles. The van der Waals surface area contributed by atoms with Crippen LogP contribution >= 0.6 is 0 Å². The van der Waals surface area contributed by atoms with Crippen molar-refractivity contribution in [3.8, 4) is 11.6 Å². The van der Waals surface area contributed by atoms with Gasteiger partial charge in [0.25, 0.3) is 5.78 Å². The molecule has 5 heterocycles. The highest BCUT2D eigenvalue weighted by atomic mass is 16.5. The van der Waals surface area contributed by atoms with E-state index in [4.69, 9.17) is 14.9 Å². The Bertz CT molecular complexity index is 1360. The number of furan rings is 1. The number of fused-ring (bicyclic) bond motifs is 1. The second kappa shape index (κ2) is 10.8. The molecule has 12 nitrogen and oxygen atoms in total. The molecular formula is C26H31N9O3. The van der Waals surface area contributed by atoms with Crippen LogP contribution in [0.15, 0.2) is 53.1 Å². The number of benzene rings is 1. The number of hydrogen-bond acceptors (Lipinski definition) is 10. The van der Waals surface area contributed by atoms with Crippen molar-refractivity contribution in [2.24, 2.45) is 0 Å². The number of piperidine rings is 1. The van der Waals surface area contributed by atoms with Crippen LogP contribution in [0.3, 0.4) is 0 Å². The summed E-state index contributed by atoms with van der Waals surface area (Å²) in [6.07, 6.45) is 3.94. The Morgan fingerprint density at radius 1 is 1.03 bits per heavy atom. The average Bonchev–Trinajstić information content (AvgIpc) is 3.64. The van der Waals surface area contributed by atoms with Crippen LogP contribution in [-0.4, -0.2) is 91.7 Å². The van der Waals surface area contributed by atoms with Gasteiger partial charge in [0.1, 0.15) is 6.04 Å². The number of carbonyl (C=O) groups is 1. The fourth-order valence-corrected chi connectivity index (χ4v) is 5.20. The Morgan fingerprint density at radius 2 is 1.82 bits per heavy atom. The molecule has 0 radical (unpaired) electrons. The standard InChI is InChI=1S/C26H31N9O3/c27-24-30-25(31-26-29-22(32-35(24)26)21-7-4-14-38-21)28-20(17-18-5-2-1-3-6-18)23(36)34-10-8-19(9-11-34)33-12-15-37-16-13-33/h1-7,14,19-20H,8-13,15-17H2,(H3,27,28,29,30,31,32)/t20-/m0/s1. The Labute approximate surface area is 219 Å². The van der Waals surface area contributed by atoms with E-state index in [9.17, 15) is 4.79 Å². The maximum Gasteiger partial charge on any atom is 0.259 e. The number of likely N-dealkylation sites (tertiary alicyclic amines) is 1. The molecule has 3 aromatic heterocycles. The molecule has 0 aliphatic carbocycles. The maximum absolute atomic E-state index is 13.8. The quantitative estimate of drug-likeness (QED) is 0.372. The smallest absolute Gasteiger partial charge is 0.259 e. The van der Waals surface area contributed by atoms with Crippen molar-refractivity contribution in [2.45, 2.75) is 31.3 Å². The van der Waals surface area contributed by atoms with Gasteiger partial charge in [0.15, 0.2) is 5.76 Å². The zero-order valence-electron chi connectivity index (χ0n) is 21.1. The van der Waals surface area contributed by atoms with E-state index in [0.717, 1.165) is 44.7 Å². The van der Waals surface area contributed by atoms with Crippen molar-refractivity contribution in [3.05, 3.63) is 54.3 Å². The van der Waals surface area contributed by atoms with Crippen LogP contribution in [0.5, 0.6) is 0 Å². The van der Waals surface area contributed by atoms with E-state index in [1.54, 1.807) is 18.4 Å². The number of amides is 1. The third-order valence-electron chi connectivity index (χ3n) is 7.20. The van der Waals surface area contributed by atoms with E-state index in [0.29, 0.717) is 37.1 Å². The summed E-state index contributed by atoms with van der Waals surface area (Å²) >= 11 is 0. The summed E-state index contributed by atoms with van der Waals surface area (Å²) in [5, 5.41) is 7.60. The van der Waals surface area contributed by atoms with E-state index in [1.165, 1.54) is 4.52 Å². The van der Waals surface area contributed by atoms with Gasteiger partial charge in [0.05, 0.1) is 19.5 Å². The van der Waals surface area contributed by atoms with Crippen LogP contribution < -0.4 is 11.1 Å². The summed E-state index contributed by atoms with van der Waals surface area (Å²) in [7, 11) is 0. The third kappa shape index (κ3) is 5.18. The first-order valence-corrected chi connectivity index (χ1v) is 13.0. The fraction of sp³-hybridized carbons (Fsp3) is 0.423. The van der Waals surface area contributed by atoms with Gasteiger partial charge in [0.2, 0.25) is 23.6 Å². The molecule has 38 heavy (non-hydrogen) atoms. The van der Waals surface area contributed by atoms with E-state index < -0.39 is 6.04 Å². The third-order valence-corrected chi connectivity index (χ3v) is 7.20. The number of nitrogen functional groups attached to an aromatic ring is 1. The van der Waals surface area contributed by atoms with Gasteiger partial charge >= 0.3 is 0 Å². The van der Waals surface area contributed by atoms with Crippen molar-refractivity contribution in [1.82, 2.24) is 34.4 Å². The minimum atomic E-state index is -0.563. The Balaban J connectivity index is 1.21. The van der Waals surface area contributed by atoms with Crippen molar-refractivity contribution >= 4 is 23.6 Å². The monoisotopic (exact) mass is 517 g/mol. The second-order valence-electron chi connectivity index (χ2n) is 9.62. The average molecular weight is 518 g/mol. The highest BCUT2D eigenvalue weighted by molar-refractivity contribution is 5.85. The number of rotatable bonds is 7. The second-order valence-corrected chi connectivity index (χ2v) is 9.62. The lowest BCUT2D eigenvalue weighted by atomic mass is 10.00. The minimum absolute atomic E-state index is 0.0223. The van der Waals surface area contributed by atoms with Crippen LogP contribution in [-0.2, 0) is 16.0 Å². The summed E-state index contributed by atoms with van der Waals surface area (Å²) in [4.78, 5) is 31.6. The van der Waals surface area contributed by atoms with Crippen molar-refractivity contribution < 1.29 is 13.9 Å². The van der Waals surface area contributed by atoms with Gasteiger partial charge in [-0.15, -0.1) is 5.10 Å². The maximum atomic E-state index is 13.8. The SMILES string of the molecule is Nc1nc(N[C@@H](Cc2ccccc2)C(=O)N2CCC(N3CCOCC3)CC2)nc2nc(-c3ccco3)nn12. The molecule has 1 atom stereocenters. The lowest BCUT2D eigenvalue weighted by Gasteiger charge is -2.40. The molecule has 198 valence electrons. The van der Waals surface area contributed by atoms with Gasteiger partial charge < -0.3 is 25.1 Å². The lowest BCUT2D eigenvalue weighted by Crippen LogP contribution is -2.53. The van der Waals surface area contributed by atoms with Crippen LogP contribution in [0.1, 0.15) is 18.4 Å². The van der Waals surface area contributed by atoms with Crippen molar-refractivity contribution in [3.63, 3.8) is 0 Å². The molecular weight excluding hydrogens is 486 g/mol. The van der Waals surface area contributed by atoms with Crippen LogP contribution in [0.2, 0.25) is 0 Å². The largest absolute Gasteiger partial charge is 0.461 e. The summed E-state index contributed by atoms with van der Waals surface area (Å²) in [5.41, 5.74) is 7.23. The molecule has 12 heteroatoms. The fourth-order valence-electron chi connectivity index (χ4n) is 5.20. The Morgan fingerprint density at radius 3 is 2.55 bits per heavy atom. The molecule has 0 bridgehead atoms. The van der Waals surface area contributed by atoms with Gasteiger partial charge in [-0.25, -0.2) is 0 Å². The normalized spacial score (nSPS) is 18.1. The number of nitrogens with two attached hydrogens (primary N) is 1. The van der Waals surface area contributed by atoms with Crippen LogP contribution in [0.4, 0.5) is 11.9 Å². The highest BCUT2D eigenvalue weighted by Crippen LogP contribution is 2.21. The Kier molecular flexibility index (Phi) is 6.88. The van der Waals surface area contributed by atoms with E-state index >= 15 is 0 Å². The van der Waals surface area contributed by atoms with Gasteiger partial charge in [-0.3, -0.25) is 9.69 Å². The van der Waals surface area contributed by atoms with Gasteiger partial charge in [-0.2, -0.15) is 19.5 Å². The zero-order valence-corrected chi connectivity index (χ0v) is 21.1. The molecule has 1 aromatic carbocycles. The zero-order chi connectivity index (χ0) is 25.9. The summed E-state index contributed by atoms with van der Waals surface area (Å²) < 4.78 is 12.2. The molecule has 3 N–H and O–H groups in total. The number of morpholine rings is 1. The van der Waals surface area contributed by atoms with Gasteiger partial charge in [-0.05, 0) is 30.5 Å². The molecule has 2 aliphatic rings. The van der Waals surface area contributed by atoms with Gasteiger partial charge in [0, 0.05) is 38.6 Å². The molecule has 0 spiro atoms. The van der Waals surface area contributed by atoms with Crippen molar-refractivity contribution in [1.29, 1.82) is 0 Å². The number of nitrogens with zero attached hydrogens (tertiary/aromatic N) is 7. The number of carbonyl (C=O) groups excluding carboxylic acids is 1. The van der Waals surface area contributed by atoms with E-state index in [2.05, 4.69) is 30.3 Å². The molecule has 1 amide bonds. The topological polar surface area (TPSA) is 140 Å². The first-order chi connectivity index (χ1) is 18.6. The molecule has 0 unspecified atom stereocenters. The van der Waals surface area contributed by atoms with Crippen LogP contribution in [0, 0.1) is 0 Å². The number of ether oxygens (including phenoxy) is 1. The number of nitrogens with one attached hydrogen (secondary N) is 1. The van der Waals surface area contributed by atoms with E-state index in [1.807, 2.05) is 35.2 Å². The van der Waals surface area contributed by atoms with Crippen molar-refractivity contribution in [2.75, 3.05) is 50.4 Å². The van der Waals surface area contributed by atoms with Gasteiger partial charge in [-0.1, -0.05) is 30.3 Å². The predicted octanol–water partition coefficient (Wildman–Crippen LogP) is 1.71. The number of hydrogen-bond donors (Lipinski definition) is 2. The first-order valence-electron chi connectivity index (χ1n) is 13.0. The summed E-state index contributed by atoms with van der Waals surface area (Å²) in [5.74, 6) is 1.49. The predicted molar refractivity (Wildman–Crippen MR) is 140 cm³/mol. The molecule has 6 rings (SSSR count). The summed E-state index contributed by atoms with van der Waals surface area (Å²) in [6.45, 7) is 4.92. The molecule has 0 saturated carbocycles. The lowest BCUT2D eigenvalue weighted by molar-refractivity contribution is -0.133. The summed E-state index contributed by atoms with van der Waals surface area (Å²) in [6, 6.07) is 13.4. The highest BCUT2D eigenvalue weighted by Gasteiger charge is 2.32. The molecule has 2 fully saturated rings. The number of aromatic nitrogens is 5. The minimum Gasteiger partial charge on any atom is -0.461 e. The van der Waals surface area contributed by atoms with E-state index in [-0.39, 0.29) is 23.6 Å². The molecule has 4 aromatic rings. The first kappa shape index (κ1) is 24.3.